The lowest BCUT2D eigenvalue weighted by atomic mass is 10.2. The third kappa shape index (κ3) is 4.73. The Kier molecular flexibility index (Phi) is 6.44. The maximum Gasteiger partial charge on any atom is 0.263 e. The Labute approximate surface area is 205 Å². The predicted octanol–water partition coefficient (Wildman–Crippen LogP) is 3.97. The Morgan fingerprint density at radius 2 is 1.74 bits per heavy atom. The zero-order chi connectivity index (χ0) is 24.5. The molecule has 0 saturated carbocycles. The van der Waals surface area contributed by atoms with Crippen molar-refractivity contribution in [2.24, 2.45) is 0 Å². The molecule has 3 aromatic rings. The summed E-state index contributed by atoms with van der Waals surface area (Å²) >= 11 is 1.21. The Balaban J connectivity index is 1.30. The smallest absolute Gasteiger partial charge is 0.263 e. The van der Waals surface area contributed by atoms with Crippen molar-refractivity contribution < 1.29 is 18.3 Å². The highest BCUT2D eigenvalue weighted by atomic mass is 32.2. The summed E-state index contributed by atoms with van der Waals surface area (Å²) in [5.41, 5.74) is 1.75. The monoisotopic (exact) mass is 498 g/mol. The molecule has 1 amide bonds. The van der Waals surface area contributed by atoms with Crippen LogP contribution < -0.4 is 19.9 Å². The van der Waals surface area contributed by atoms with Crippen molar-refractivity contribution in [3.8, 4) is 5.75 Å². The van der Waals surface area contributed by atoms with Crippen LogP contribution in [0.2, 0.25) is 0 Å². The van der Waals surface area contributed by atoms with Gasteiger partial charge in [-0.1, -0.05) is 11.8 Å². The van der Waals surface area contributed by atoms with Gasteiger partial charge in [-0.3, -0.25) is 9.69 Å². The molecule has 2 aliphatic heterocycles. The number of likely N-dealkylation sites (N-methyl/N-ethyl adjacent to an activating group) is 1. The molecule has 1 N–H and O–H groups in total. The molecule has 1 saturated heterocycles. The van der Waals surface area contributed by atoms with E-state index in [1.807, 2.05) is 12.1 Å². The van der Waals surface area contributed by atoms with E-state index in [2.05, 4.69) is 44.3 Å². The van der Waals surface area contributed by atoms with Gasteiger partial charge in [0, 0.05) is 55.9 Å². The number of anilines is 4. The Bertz CT molecular complexity index is 1230. The van der Waals surface area contributed by atoms with E-state index < -0.39 is 23.2 Å². The van der Waals surface area contributed by atoms with Crippen molar-refractivity contribution in [3.63, 3.8) is 0 Å². The fourth-order valence-corrected chi connectivity index (χ4v) is 4.99. The van der Waals surface area contributed by atoms with Gasteiger partial charge in [0.2, 0.25) is 5.95 Å². The third-order valence-corrected chi connectivity index (χ3v) is 7.02. The summed E-state index contributed by atoms with van der Waals surface area (Å²) in [4.78, 5) is 27.4. The van der Waals surface area contributed by atoms with Gasteiger partial charge in [-0.25, -0.2) is 18.7 Å². The van der Waals surface area contributed by atoms with Crippen LogP contribution in [0.15, 0.2) is 47.6 Å². The highest BCUT2D eigenvalue weighted by molar-refractivity contribution is 7.99. The molecule has 2 aromatic carbocycles. The number of rotatable bonds is 5. The third-order valence-electron chi connectivity index (χ3n) is 6.05. The second-order valence-electron chi connectivity index (χ2n) is 8.32. The van der Waals surface area contributed by atoms with Gasteiger partial charge in [-0.05, 0) is 31.3 Å². The topological polar surface area (TPSA) is 73.8 Å². The van der Waals surface area contributed by atoms with Gasteiger partial charge >= 0.3 is 0 Å². The molecule has 182 valence electrons. The number of fused-ring (bicyclic) bond motifs is 1. The van der Waals surface area contributed by atoms with E-state index in [0.29, 0.717) is 11.0 Å². The van der Waals surface area contributed by atoms with E-state index in [1.165, 1.54) is 25.1 Å². The molecule has 0 unspecified atom stereocenters. The van der Waals surface area contributed by atoms with E-state index in [1.54, 1.807) is 0 Å². The summed E-state index contributed by atoms with van der Waals surface area (Å²) < 4.78 is 34.0. The number of nitrogens with zero attached hydrogens (tertiary/aromatic N) is 5. The number of carbonyl (C=O) groups excluding carboxylic acids is 1. The van der Waals surface area contributed by atoms with E-state index in [-0.39, 0.29) is 17.2 Å². The van der Waals surface area contributed by atoms with Crippen LogP contribution in [0.4, 0.5) is 31.8 Å². The van der Waals surface area contributed by atoms with Crippen LogP contribution in [-0.4, -0.2) is 67.0 Å². The molecule has 2 aliphatic rings. The highest BCUT2D eigenvalue weighted by Gasteiger charge is 2.32. The van der Waals surface area contributed by atoms with Gasteiger partial charge < -0.3 is 19.9 Å². The van der Waals surface area contributed by atoms with E-state index in [4.69, 9.17) is 4.74 Å². The SMILES string of the molecule is COc1cc(F)c(N2CSc3nc(Nc4ccc(N5CCN(C)CC5)cc4)ncc3C2=O)c(F)c1. The molecule has 5 rings (SSSR count). The van der Waals surface area contributed by atoms with Crippen molar-refractivity contribution in [1.29, 1.82) is 0 Å². The minimum Gasteiger partial charge on any atom is -0.497 e. The van der Waals surface area contributed by atoms with Crippen molar-refractivity contribution in [1.82, 2.24) is 14.9 Å². The van der Waals surface area contributed by atoms with Crippen LogP contribution in [0, 0.1) is 11.6 Å². The van der Waals surface area contributed by atoms with Gasteiger partial charge in [-0.15, -0.1) is 0 Å². The van der Waals surface area contributed by atoms with Gasteiger partial charge in [0.1, 0.15) is 16.5 Å². The Morgan fingerprint density at radius 1 is 1.06 bits per heavy atom. The molecule has 3 heterocycles. The van der Waals surface area contributed by atoms with E-state index >= 15 is 0 Å². The van der Waals surface area contributed by atoms with Crippen LogP contribution >= 0.6 is 11.8 Å². The number of amides is 1. The number of carbonyl (C=O) groups is 1. The number of aromatic nitrogens is 2. The van der Waals surface area contributed by atoms with Crippen molar-refractivity contribution >= 4 is 40.7 Å². The average molecular weight is 499 g/mol. The second kappa shape index (κ2) is 9.67. The maximum atomic E-state index is 14.5. The van der Waals surface area contributed by atoms with Crippen LogP contribution in [0.1, 0.15) is 10.4 Å². The highest BCUT2D eigenvalue weighted by Crippen LogP contribution is 2.36. The van der Waals surface area contributed by atoms with Crippen LogP contribution in [0.25, 0.3) is 0 Å². The molecule has 0 radical (unpaired) electrons. The quantitative estimate of drug-likeness (QED) is 0.530. The second-order valence-corrected chi connectivity index (χ2v) is 9.25. The number of hydrogen-bond acceptors (Lipinski definition) is 8. The first-order chi connectivity index (χ1) is 16.9. The Morgan fingerprint density at radius 3 is 2.40 bits per heavy atom. The van der Waals surface area contributed by atoms with Gasteiger partial charge in [-0.2, -0.15) is 0 Å². The zero-order valence-corrected chi connectivity index (χ0v) is 20.1. The first-order valence-electron chi connectivity index (χ1n) is 11.1. The number of benzene rings is 2. The number of methoxy groups -OCH3 is 1. The molecule has 1 aromatic heterocycles. The normalized spacial score (nSPS) is 16.3. The van der Waals surface area contributed by atoms with Crippen molar-refractivity contribution in [3.05, 3.63) is 59.8 Å². The fraction of sp³-hybridized carbons (Fsp3) is 0.292. The van der Waals surface area contributed by atoms with Crippen LogP contribution in [-0.2, 0) is 0 Å². The standard InChI is InChI=1S/C24H24F2N6O2S/c1-30-7-9-31(10-8-30)16-5-3-15(4-6-16)28-24-27-13-18-22(29-24)35-14-32(23(18)33)21-19(25)11-17(34-2)12-20(21)26/h3-6,11-13H,7-10,14H2,1-2H3,(H,27,28,29). The lowest BCUT2D eigenvalue weighted by molar-refractivity contribution is 0.0984. The number of piperazine rings is 1. The van der Waals surface area contributed by atoms with Crippen molar-refractivity contribution in [2.75, 3.05) is 61.3 Å². The minimum absolute atomic E-state index is 0.0160. The largest absolute Gasteiger partial charge is 0.497 e. The summed E-state index contributed by atoms with van der Waals surface area (Å²) in [6, 6.07) is 10.1. The molecule has 0 spiro atoms. The summed E-state index contributed by atoms with van der Waals surface area (Å²) in [5, 5.41) is 3.61. The fourth-order valence-electron chi connectivity index (χ4n) is 4.05. The minimum atomic E-state index is -0.876. The lowest BCUT2D eigenvalue weighted by Gasteiger charge is -2.34. The molecule has 0 atom stereocenters. The number of halogens is 2. The molecular formula is C24H24F2N6O2S. The number of nitrogens with one attached hydrogen (secondary N) is 1. The molecule has 0 bridgehead atoms. The first-order valence-corrected chi connectivity index (χ1v) is 12.1. The summed E-state index contributed by atoms with van der Waals surface area (Å²) in [6.45, 7) is 4.05. The van der Waals surface area contributed by atoms with Crippen molar-refractivity contribution in [2.45, 2.75) is 5.03 Å². The summed E-state index contributed by atoms with van der Waals surface area (Å²) in [7, 11) is 3.44. The number of hydrogen-bond donors (Lipinski definition) is 1. The maximum absolute atomic E-state index is 14.5. The van der Waals surface area contributed by atoms with E-state index in [9.17, 15) is 13.6 Å². The average Bonchev–Trinajstić information content (AvgIpc) is 2.86. The molecule has 8 nitrogen and oxygen atoms in total. The molecule has 0 aliphatic carbocycles. The Hall–Kier alpha value is -3.44. The molecule has 35 heavy (non-hydrogen) atoms. The van der Waals surface area contributed by atoms with Crippen LogP contribution in [0.3, 0.4) is 0 Å². The van der Waals surface area contributed by atoms with Gasteiger partial charge in [0.25, 0.3) is 5.91 Å². The summed E-state index contributed by atoms with van der Waals surface area (Å²) in [5.74, 6) is -1.92. The van der Waals surface area contributed by atoms with E-state index in [0.717, 1.165) is 54.6 Å². The van der Waals surface area contributed by atoms with Crippen LogP contribution in [0.5, 0.6) is 5.75 Å². The molecule has 11 heteroatoms. The number of thioether (sulfide) groups is 1. The number of ether oxygens (including phenoxy) is 1. The zero-order valence-electron chi connectivity index (χ0n) is 19.3. The molecule has 1 fully saturated rings. The molecular weight excluding hydrogens is 474 g/mol. The first kappa shape index (κ1) is 23.3. The predicted molar refractivity (Wildman–Crippen MR) is 132 cm³/mol. The summed E-state index contributed by atoms with van der Waals surface area (Å²) in [6.07, 6.45) is 1.38. The lowest BCUT2D eigenvalue weighted by Crippen LogP contribution is -2.44. The van der Waals surface area contributed by atoms with Gasteiger partial charge in [0.05, 0.1) is 18.6 Å². The van der Waals surface area contributed by atoms with Gasteiger partial charge in [0.15, 0.2) is 11.6 Å².